The lowest BCUT2D eigenvalue weighted by atomic mass is 10.2. The van der Waals surface area contributed by atoms with Crippen LogP contribution in [-0.4, -0.2) is 63.2 Å². The van der Waals surface area contributed by atoms with Crippen molar-refractivity contribution in [3.8, 4) is 0 Å². The highest BCUT2D eigenvalue weighted by molar-refractivity contribution is 7.91. The summed E-state index contributed by atoms with van der Waals surface area (Å²) in [6.45, 7) is 1.26. The van der Waals surface area contributed by atoms with Gasteiger partial charge < -0.3 is 15.0 Å². The van der Waals surface area contributed by atoms with E-state index in [0.29, 0.717) is 18.7 Å². The third-order valence-corrected chi connectivity index (χ3v) is 6.41. The topological polar surface area (TPSA) is 88.6 Å². The van der Waals surface area contributed by atoms with Gasteiger partial charge in [-0.1, -0.05) is 0 Å². The first-order valence-electron chi connectivity index (χ1n) is 8.24. The highest BCUT2D eigenvalue weighted by Crippen LogP contribution is 2.22. The summed E-state index contributed by atoms with van der Waals surface area (Å²) in [4.78, 5) is 18.2. The largest absolute Gasteiger partial charge is 0.376 e. The summed E-state index contributed by atoms with van der Waals surface area (Å²) in [5.74, 6) is 0.190. The molecule has 0 aliphatic carbocycles. The second-order valence-electron chi connectivity index (χ2n) is 6.41. The van der Waals surface area contributed by atoms with Crippen LogP contribution in [0.4, 0.5) is 5.69 Å². The van der Waals surface area contributed by atoms with Crippen molar-refractivity contribution in [2.24, 2.45) is 0 Å². The summed E-state index contributed by atoms with van der Waals surface area (Å²) in [5.41, 5.74) is 1.16. The lowest BCUT2D eigenvalue weighted by Crippen LogP contribution is -2.33. The van der Waals surface area contributed by atoms with Crippen LogP contribution in [0.2, 0.25) is 0 Å². The van der Waals surface area contributed by atoms with E-state index in [4.69, 9.17) is 4.74 Å². The van der Waals surface area contributed by atoms with Gasteiger partial charge in [0.25, 0.3) is 5.91 Å². The fourth-order valence-electron chi connectivity index (χ4n) is 3.12. The van der Waals surface area contributed by atoms with Crippen LogP contribution in [0.25, 0.3) is 0 Å². The fraction of sp³-hybridized carbons (Fsp3) is 0.625. The molecule has 0 bridgehead atoms. The van der Waals surface area contributed by atoms with E-state index in [-0.39, 0.29) is 29.6 Å². The Hall–Kier alpha value is -1.67. The predicted octanol–water partition coefficient (Wildman–Crippen LogP) is 0.614. The number of hydrogen-bond acceptors (Lipinski definition) is 6. The van der Waals surface area contributed by atoms with Crippen molar-refractivity contribution in [1.82, 2.24) is 10.3 Å². The van der Waals surface area contributed by atoms with Gasteiger partial charge in [0, 0.05) is 26.2 Å². The smallest absolute Gasteiger partial charge is 0.269 e. The Labute approximate surface area is 142 Å². The van der Waals surface area contributed by atoms with Crippen molar-refractivity contribution in [3.05, 3.63) is 24.0 Å². The number of sulfone groups is 1. The number of carbonyl (C=O) groups excluding carboxylic acids is 1. The van der Waals surface area contributed by atoms with Crippen molar-refractivity contribution in [1.29, 1.82) is 0 Å². The van der Waals surface area contributed by atoms with Crippen molar-refractivity contribution in [2.75, 3.05) is 36.6 Å². The molecule has 0 spiro atoms. The summed E-state index contributed by atoms with van der Waals surface area (Å²) in [7, 11) is -1.06. The Morgan fingerprint density at radius 1 is 1.42 bits per heavy atom. The van der Waals surface area contributed by atoms with E-state index in [1.54, 1.807) is 18.3 Å². The van der Waals surface area contributed by atoms with Crippen LogP contribution in [0.3, 0.4) is 0 Å². The van der Waals surface area contributed by atoms with Gasteiger partial charge in [-0.25, -0.2) is 13.4 Å². The van der Waals surface area contributed by atoms with Crippen molar-refractivity contribution in [3.63, 3.8) is 0 Å². The average Bonchev–Trinajstić information content (AvgIpc) is 3.21. The van der Waals surface area contributed by atoms with Crippen LogP contribution in [0.15, 0.2) is 18.3 Å². The minimum absolute atomic E-state index is 0.0315. The van der Waals surface area contributed by atoms with Gasteiger partial charge in [-0.05, 0) is 31.4 Å². The first kappa shape index (κ1) is 17.2. The predicted molar refractivity (Wildman–Crippen MR) is 91.0 cm³/mol. The Kier molecular flexibility index (Phi) is 5.05. The van der Waals surface area contributed by atoms with Crippen molar-refractivity contribution >= 4 is 21.4 Å². The molecule has 2 aliphatic heterocycles. The molecule has 8 heteroatoms. The number of aromatic nitrogens is 1. The average molecular weight is 353 g/mol. The van der Waals surface area contributed by atoms with Gasteiger partial charge in [0.2, 0.25) is 0 Å². The number of ether oxygens (including phenoxy) is 1. The molecule has 24 heavy (non-hydrogen) atoms. The van der Waals surface area contributed by atoms with E-state index in [1.165, 1.54) is 0 Å². The van der Waals surface area contributed by atoms with E-state index in [9.17, 15) is 13.2 Å². The third kappa shape index (κ3) is 4.05. The second kappa shape index (κ2) is 7.06. The molecule has 0 saturated carbocycles. The minimum atomic E-state index is -2.92. The molecule has 2 atom stereocenters. The SMILES string of the molecule is CN(c1ccc(C(=O)NCC2CCCO2)nc1)C1CCS(=O)(=O)C1. The van der Waals surface area contributed by atoms with Crippen LogP contribution in [0.1, 0.15) is 29.8 Å². The quantitative estimate of drug-likeness (QED) is 0.835. The Morgan fingerprint density at radius 3 is 2.83 bits per heavy atom. The zero-order chi connectivity index (χ0) is 17.2. The normalized spacial score (nSPS) is 25.5. The maximum atomic E-state index is 12.1. The number of anilines is 1. The summed E-state index contributed by atoms with van der Waals surface area (Å²) in [6.07, 6.45) is 4.36. The summed E-state index contributed by atoms with van der Waals surface area (Å²) in [5, 5.41) is 2.84. The molecule has 2 unspecified atom stereocenters. The van der Waals surface area contributed by atoms with E-state index in [0.717, 1.165) is 25.1 Å². The van der Waals surface area contributed by atoms with E-state index >= 15 is 0 Å². The molecular weight excluding hydrogens is 330 g/mol. The number of rotatable bonds is 5. The third-order valence-electron chi connectivity index (χ3n) is 4.66. The number of pyridine rings is 1. The number of nitrogens with zero attached hydrogens (tertiary/aromatic N) is 2. The molecule has 132 valence electrons. The number of hydrogen-bond donors (Lipinski definition) is 1. The molecule has 0 aromatic carbocycles. The van der Waals surface area contributed by atoms with Gasteiger partial charge in [-0.2, -0.15) is 0 Å². The van der Waals surface area contributed by atoms with Crippen LogP contribution < -0.4 is 10.2 Å². The van der Waals surface area contributed by atoms with E-state index < -0.39 is 9.84 Å². The summed E-state index contributed by atoms with van der Waals surface area (Å²) < 4.78 is 28.7. The molecule has 1 aromatic rings. The van der Waals surface area contributed by atoms with Gasteiger partial charge in [0.05, 0.1) is 29.5 Å². The minimum Gasteiger partial charge on any atom is -0.376 e. The molecule has 1 N–H and O–H groups in total. The van der Waals surface area contributed by atoms with Crippen molar-refractivity contribution < 1.29 is 17.9 Å². The zero-order valence-corrected chi connectivity index (χ0v) is 14.6. The molecule has 7 nitrogen and oxygen atoms in total. The highest BCUT2D eigenvalue weighted by Gasteiger charge is 2.31. The lowest BCUT2D eigenvalue weighted by molar-refractivity contribution is 0.0853. The van der Waals surface area contributed by atoms with Crippen LogP contribution in [-0.2, 0) is 14.6 Å². The highest BCUT2D eigenvalue weighted by atomic mass is 32.2. The Morgan fingerprint density at radius 2 is 2.25 bits per heavy atom. The van der Waals surface area contributed by atoms with E-state index in [1.807, 2.05) is 11.9 Å². The molecule has 2 fully saturated rings. The Balaban J connectivity index is 1.57. The summed E-state index contributed by atoms with van der Waals surface area (Å²) in [6, 6.07) is 3.44. The van der Waals surface area contributed by atoms with Gasteiger partial charge in [0.1, 0.15) is 5.69 Å². The van der Waals surface area contributed by atoms with Crippen molar-refractivity contribution in [2.45, 2.75) is 31.4 Å². The molecule has 3 rings (SSSR count). The molecule has 2 aliphatic rings. The Bertz CT molecular complexity index is 684. The first-order valence-corrected chi connectivity index (χ1v) is 10.1. The second-order valence-corrected chi connectivity index (χ2v) is 8.64. The lowest BCUT2D eigenvalue weighted by Gasteiger charge is -2.25. The number of nitrogens with one attached hydrogen (secondary N) is 1. The summed E-state index contributed by atoms with van der Waals surface area (Å²) >= 11 is 0. The number of amides is 1. The van der Waals surface area contributed by atoms with Crippen LogP contribution in [0, 0.1) is 0 Å². The molecule has 0 radical (unpaired) electrons. The van der Waals surface area contributed by atoms with Crippen LogP contribution in [0.5, 0.6) is 0 Å². The monoisotopic (exact) mass is 353 g/mol. The maximum absolute atomic E-state index is 12.1. The molecule has 1 amide bonds. The fourth-order valence-corrected chi connectivity index (χ4v) is 4.90. The van der Waals surface area contributed by atoms with Gasteiger partial charge in [-0.15, -0.1) is 0 Å². The number of carbonyl (C=O) groups is 1. The first-order chi connectivity index (χ1) is 11.4. The van der Waals surface area contributed by atoms with Gasteiger partial charge in [-0.3, -0.25) is 4.79 Å². The van der Waals surface area contributed by atoms with E-state index in [2.05, 4.69) is 10.3 Å². The standard InChI is InChI=1S/C16H23N3O4S/c1-19(13-6-8-24(21,22)11-13)12-4-5-15(17-9-12)16(20)18-10-14-3-2-7-23-14/h4-5,9,13-14H,2-3,6-8,10-11H2,1H3,(H,18,20). The molecular formula is C16H23N3O4S. The molecule has 1 aromatic heterocycles. The van der Waals surface area contributed by atoms with Gasteiger partial charge in [0.15, 0.2) is 9.84 Å². The maximum Gasteiger partial charge on any atom is 0.269 e. The molecule has 2 saturated heterocycles. The molecule has 3 heterocycles. The van der Waals surface area contributed by atoms with Crippen LogP contribution >= 0.6 is 0 Å². The zero-order valence-electron chi connectivity index (χ0n) is 13.8. The van der Waals surface area contributed by atoms with Gasteiger partial charge >= 0.3 is 0 Å².